The molecule has 6 nitrogen and oxygen atoms in total. The molecular formula is C10H12N4O2. The van der Waals surface area contributed by atoms with Gasteiger partial charge in [-0.05, 0) is 6.92 Å². The van der Waals surface area contributed by atoms with Crippen molar-refractivity contribution in [2.45, 2.75) is 20.0 Å². The standard InChI is InChI=1S/C10H12N4O2/c1-8-6-14(10(16)12-9(8)15)5-4-13-3-2-11-7-13/h2-3,6-7H,4-5H2,1H3,(H,12,15,16). The maximum atomic E-state index is 11.4. The topological polar surface area (TPSA) is 72.7 Å². The van der Waals surface area contributed by atoms with Gasteiger partial charge in [-0.25, -0.2) is 9.78 Å². The van der Waals surface area contributed by atoms with E-state index in [0.717, 1.165) is 0 Å². The second-order valence-electron chi connectivity index (χ2n) is 3.57. The summed E-state index contributed by atoms with van der Waals surface area (Å²) in [4.78, 5) is 28.7. The third kappa shape index (κ3) is 2.10. The van der Waals surface area contributed by atoms with Crippen LogP contribution in [0.2, 0.25) is 0 Å². The van der Waals surface area contributed by atoms with E-state index in [1.54, 1.807) is 25.6 Å². The van der Waals surface area contributed by atoms with Crippen LogP contribution in [0.5, 0.6) is 0 Å². The van der Waals surface area contributed by atoms with Crippen molar-refractivity contribution >= 4 is 0 Å². The predicted molar refractivity (Wildman–Crippen MR) is 58.3 cm³/mol. The number of hydrogen-bond donors (Lipinski definition) is 1. The Balaban J connectivity index is 2.19. The molecule has 2 heterocycles. The molecule has 0 atom stereocenters. The molecule has 1 N–H and O–H groups in total. The molecule has 0 amide bonds. The smallest absolute Gasteiger partial charge is 0.328 e. The second-order valence-corrected chi connectivity index (χ2v) is 3.57. The summed E-state index contributed by atoms with van der Waals surface area (Å²) in [6.07, 6.45) is 6.76. The van der Waals surface area contributed by atoms with Gasteiger partial charge in [-0.2, -0.15) is 0 Å². The zero-order chi connectivity index (χ0) is 11.5. The van der Waals surface area contributed by atoms with Gasteiger partial charge in [0.25, 0.3) is 5.56 Å². The number of nitrogens with one attached hydrogen (secondary N) is 1. The summed E-state index contributed by atoms with van der Waals surface area (Å²) in [5.41, 5.74) is -0.176. The van der Waals surface area contributed by atoms with Crippen molar-refractivity contribution in [3.63, 3.8) is 0 Å². The van der Waals surface area contributed by atoms with E-state index in [9.17, 15) is 9.59 Å². The average molecular weight is 220 g/mol. The van der Waals surface area contributed by atoms with Crippen LogP contribution in [0.25, 0.3) is 0 Å². The molecule has 0 aromatic carbocycles. The second kappa shape index (κ2) is 4.18. The lowest BCUT2D eigenvalue weighted by Crippen LogP contribution is -2.31. The number of aromatic amines is 1. The summed E-state index contributed by atoms with van der Waals surface area (Å²) in [5, 5.41) is 0. The number of aryl methyl sites for hydroxylation is 3. The summed E-state index contributed by atoms with van der Waals surface area (Å²) in [5.74, 6) is 0. The van der Waals surface area contributed by atoms with Crippen LogP contribution < -0.4 is 11.2 Å². The van der Waals surface area contributed by atoms with E-state index in [0.29, 0.717) is 18.7 Å². The molecular weight excluding hydrogens is 208 g/mol. The van der Waals surface area contributed by atoms with Crippen LogP contribution in [0.4, 0.5) is 0 Å². The first-order valence-electron chi connectivity index (χ1n) is 4.93. The predicted octanol–water partition coefficient (Wildman–Crippen LogP) is -0.258. The molecule has 0 aliphatic heterocycles. The third-order valence-corrected chi connectivity index (χ3v) is 2.35. The number of hydrogen-bond acceptors (Lipinski definition) is 3. The summed E-state index contributed by atoms with van der Waals surface area (Å²) in [6.45, 7) is 2.82. The van der Waals surface area contributed by atoms with Gasteiger partial charge >= 0.3 is 5.69 Å². The highest BCUT2D eigenvalue weighted by Crippen LogP contribution is 1.89. The third-order valence-electron chi connectivity index (χ3n) is 2.35. The molecule has 16 heavy (non-hydrogen) atoms. The fraction of sp³-hybridized carbons (Fsp3) is 0.300. The molecule has 0 fully saturated rings. The SMILES string of the molecule is Cc1cn(CCn2ccnc2)c(=O)[nH]c1=O. The van der Waals surface area contributed by atoms with Crippen LogP contribution in [0.3, 0.4) is 0 Å². The van der Waals surface area contributed by atoms with E-state index < -0.39 is 0 Å². The highest BCUT2D eigenvalue weighted by Gasteiger charge is 2.00. The van der Waals surface area contributed by atoms with Gasteiger partial charge in [-0.1, -0.05) is 0 Å². The van der Waals surface area contributed by atoms with Gasteiger partial charge in [0.1, 0.15) is 0 Å². The average Bonchev–Trinajstić information content (AvgIpc) is 2.74. The van der Waals surface area contributed by atoms with Crippen LogP contribution in [0.1, 0.15) is 5.56 Å². The minimum Gasteiger partial charge on any atom is -0.336 e. The van der Waals surface area contributed by atoms with Crippen molar-refractivity contribution in [2.24, 2.45) is 0 Å². The van der Waals surface area contributed by atoms with Gasteiger partial charge in [0.05, 0.1) is 6.33 Å². The highest BCUT2D eigenvalue weighted by molar-refractivity contribution is 5.00. The van der Waals surface area contributed by atoms with Gasteiger partial charge < -0.3 is 4.57 Å². The fourth-order valence-electron chi connectivity index (χ4n) is 1.43. The Morgan fingerprint density at radius 1 is 1.38 bits per heavy atom. The first kappa shape index (κ1) is 10.4. The molecule has 0 aliphatic rings. The molecule has 0 radical (unpaired) electrons. The lowest BCUT2D eigenvalue weighted by molar-refractivity contribution is 0.551. The van der Waals surface area contributed by atoms with Crippen LogP contribution in [0, 0.1) is 6.92 Å². The Bertz CT molecular complexity index is 580. The Morgan fingerprint density at radius 3 is 2.88 bits per heavy atom. The van der Waals surface area contributed by atoms with Crippen LogP contribution in [-0.4, -0.2) is 19.1 Å². The molecule has 0 unspecified atom stereocenters. The quantitative estimate of drug-likeness (QED) is 0.774. The number of imidazole rings is 1. The fourth-order valence-corrected chi connectivity index (χ4v) is 1.43. The zero-order valence-corrected chi connectivity index (χ0v) is 8.88. The van der Waals surface area contributed by atoms with Crippen molar-refractivity contribution in [3.8, 4) is 0 Å². The van der Waals surface area contributed by atoms with Crippen molar-refractivity contribution in [2.75, 3.05) is 0 Å². The Kier molecular flexibility index (Phi) is 2.72. The van der Waals surface area contributed by atoms with Gasteiger partial charge in [-0.3, -0.25) is 14.3 Å². The maximum Gasteiger partial charge on any atom is 0.328 e. The molecule has 0 saturated carbocycles. The molecule has 0 spiro atoms. The number of nitrogens with zero attached hydrogens (tertiary/aromatic N) is 3. The molecule has 2 aromatic heterocycles. The Labute approximate surface area is 91.2 Å². The van der Waals surface area contributed by atoms with E-state index in [4.69, 9.17) is 0 Å². The summed E-state index contributed by atoms with van der Waals surface area (Å²) < 4.78 is 3.35. The van der Waals surface area contributed by atoms with Crippen molar-refractivity contribution in [1.29, 1.82) is 0 Å². The molecule has 2 rings (SSSR count). The van der Waals surface area contributed by atoms with Crippen molar-refractivity contribution < 1.29 is 0 Å². The zero-order valence-electron chi connectivity index (χ0n) is 8.88. The molecule has 2 aromatic rings. The molecule has 0 saturated heterocycles. The van der Waals surface area contributed by atoms with E-state index in [1.165, 1.54) is 4.57 Å². The minimum atomic E-state index is -0.379. The van der Waals surface area contributed by atoms with Gasteiger partial charge in [-0.15, -0.1) is 0 Å². The largest absolute Gasteiger partial charge is 0.336 e. The van der Waals surface area contributed by atoms with Crippen molar-refractivity contribution in [3.05, 3.63) is 51.3 Å². The maximum absolute atomic E-state index is 11.4. The lowest BCUT2D eigenvalue weighted by Gasteiger charge is -2.06. The number of rotatable bonds is 3. The normalized spacial score (nSPS) is 10.6. The first-order chi connectivity index (χ1) is 7.66. The number of H-pyrrole nitrogens is 1. The molecule has 0 aliphatic carbocycles. The first-order valence-corrected chi connectivity index (χ1v) is 4.93. The van der Waals surface area contributed by atoms with Gasteiger partial charge in [0, 0.05) is 37.2 Å². The van der Waals surface area contributed by atoms with Crippen LogP contribution in [0.15, 0.2) is 34.5 Å². The van der Waals surface area contributed by atoms with Crippen LogP contribution >= 0.6 is 0 Å². The molecule has 6 heteroatoms. The monoisotopic (exact) mass is 220 g/mol. The number of aromatic nitrogens is 4. The Morgan fingerprint density at radius 2 is 2.19 bits per heavy atom. The van der Waals surface area contributed by atoms with E-state index in [-0.39, 0.29) is 11.2 Å². The Hall–Kier alpha value is -2.11. The van der Waals surface area contributed by atoms with E-state index >= 15 is 0 Å². The van der Waals surface area contributed by atoms with Crippen LogP contribution in [-0.2, 0) is 13.1 Å². The highest BCUT2D eigenvalue weighted by atomic mass is 16.2. The summed E-state index contributed by atoms with van der Waals surface area (Å²) in [7, 11) is 0. The lowest BCUT2D eigenvalue weighted by atomic mass is 10.4. The summed E-state index contributed by atoms with van der Waals surface area (Å²) >= 11 is 0. The molecule has 0 bridgehead atoms. The van der Waals surface area contributed by atoms with Crippen molar-refractivity contribution in [1.82, 2.24) is 19.1 Å². The summed E-state index contributed by atoms with van der Waals surface area (Å²) in [6, 6.07) is 0. The molecule has 84 valence electrons. The van der Waals surface area contributed by atoms with E-state index in [2.05, 4.69) is 9.97 Å². The van der Waals surface area contributed by atoms with E-state index in [1.807, 2.05) is 10.8 Å². The van der Waals surface area contributed by atoms with Gasteiger partial charge in [0.2, 0.25) is 0 Å². The minimum absolute atomic E-state index is 0.330. The van der Waals surface area contributed by atoms with Gasteiger partial charge in [0.15, 0.2) is 0 Å².